The van der Waals surface area contributed by atoms with Crippen LogP contribution in [0.1, 0.15) is 43.1 Å². The first-order valence-electron chi connectivity index (χ1n) is 7.68. The Morgan fingerprint density at radius 3 is 2.43 bits per heavy atom. The zero-order chi connectivity index (χ0) is 17.2. The standard InChI is InChI=1S/C16H24ClNO4S/c1-10-14(16(19)22-2)8-11(17)9-15(10)18-12-4-6-13(7-5-12)23(3,20)21/h8-9,12-13,16,18-19H,4-7H2,1-3H3. The van der Waals surface area contributed by atoms with E-state index in [1.807, 2.05) is 13.0 Å². The van der Waals surface area contributed by atoms with Gasteiger partial charge in [-0.3, -0.25) is 0 Å². The molecule has 1 aliphatic carbocycles. The molecule has 1 aromatic rings. The third-order valence-corrected chi connectivity index (χ3v) is 6.44. The SMILES string of the molecule is COC(O)c1cc(Cl)cc(NC2CCC(S(C)(=O)=O)CC2)c1C. The van der Waals surface area contributed by atoms with Crippen molar-refractivity contribution in [3.63, 3.8) is 0 Å². The maximum atomic E-state index is 11.6. The molecule has 1 aliphatic rings. The van der Waals surface area contributed by atoms with Crippen LogP contribution in [0.3, 0.4) is 0 Å². The van der Waals surface area contributed by atoms with Gasteiger partial charge in [-0.1, -0.05) is 11.6 Å². The van der Waals surface area contributed by atoms with Gasteiger partial charge >= 0.3 is 0 Å². The molecule has 1 unspecified atom stereocenters. The molecule has 0 heterocycles. The lowest BCUT2D eigenvalue weighted by atomic mass is 9.94. The highest BCUT2D eigenvalue weighted by molar-refractivity contribution is 7.91. The van der Waals surface area contributed by atoms with Crippen LogP contribution in [0.15, 0.2) is 12.1 Å². The Hall–Kier alpha value is -0.820. The number of rotatable bonds is 5. The molecule has 7 heteroatoms. The van der Waals surface area contributed by atoms with Gasteiger partial charge in [-0.05, 0) is 50.3 Å². The van der Waals surface area contributed by atoms with Crippen molar-refractivity contribution in [1.82, 2.24) is 0 Å². The molecular weight excluding hydrogens is 338 g/mol. The second kappa shape index (κ2) is 7.38. The normalized spacial score (nSPS) is 23.5. The number of anilines is 1. The van der Waals surface area contributed by atoms with Crippen molar-refractivity contribution in [1.29, 1.82) is 0 Å². The van der Waals surface area contributed by atoms with Crippen LogP contribution in [0.25, 0.3) is 0 Å². The Kier molecular flexibility index (Phi) is 5.94. The average Bonchev–Trinajstić information content (AvgIpc) is 2.49. The predicted octanol–water partition coefficient (Wildman–Crippen LogP) is 3.05. The molecule has 1 saturated carbocycles. The monoisotopic (exact) mass is 361 g/mol. The van der Waals surface area contributed by atoms with Gasteiger partial charge < -0.3 is 15.2 Å². The number of hydrogen-bond donors (Lipinski definition) is 2. The number of aliphatic hydroxyl groups excluding tert-OH is 1. The maximum Gasteiger partial charge on any atom is 0.181 e. The van der Waals surface area contributed by atoms with Crippen molar-refractivity contribution in [2.24, 2.45) is 0 Å². The van der Waals surface area contributed by atoms with Gasteiger partial charge in [0.25, 0.3) is 0 Å². The van der Waals surface area contributed by atoms with Crippen LogP contribution in [-0.2, 0) is 14.6 Å². The van der Waals surface area contributed by atoms with Crippen LogP contribution in [0.4, 0.5) is 5.69 Å². The minimum atomic E-state index is -2.96. The largest absolute Gasteiger partial charge is 0.382 e. The van der Waals surface area contributed by atoms with Gasteiger partial charge in [-0.15, -0.1) is 0 Å². The van der Waals surface area contributed by atoms with E-state index in [2.05, 4.69) is 5.32 Å². The zero-order valence-corrected chi connectivity index (χ0v) is 15.2. The van der Waals surface area contributed by atoms with Crippen LogP contribution in [0, 0.1) is 6.92 Å². The summed E-state index contributed by atoms with van der Waals surface area (Å²) in [6.45, 7) is 1.90. The topological polar surface area (TPSA) is 75.6 Å². The molecule has 0 radical (unpaired) electrons. The lowest BCUT2D eigenvalue weighted by Crippen LogP contribution is -2.32. The summed E-state index contributed by atoms with van der Waals surface area (Å²) in [5, 5.41) is 13.6. The molecule has 0 spiro atoms. The third kappa shape index (κ3) is 4.59. The minimum Gasteiger partial charge on any atom is -0.382 e. The number of aliphatic hydroxyl groups is 1. The molecule has 0 aliphatic heterocycles. The summed E-state index contributed by atoms with van der Waals surface area (Å²) in [4.78, 5) is 0. The number of hydrogen-bond acceptors (Lipinski definition) is 5. The summed E-state index contributed by atoms with van der Waals surface area (Å²) in [6.07, 6.45) is 3.23. The summed E-state index contributed by atoms with van der Waals surface area (Å²) >= 11 is 6.14. The molecule has 130 valence electrons. The van der Waals surface area contributed by atoms with Crippen molar-refractivity contribution in [3.05, 3.63) is 28.3 Å². The van der Waals surface area contributed by atoms with E-state index in [-0.39, 0.29) is 11.3 Å². The van der Waals surface area contributed by atoms with Crippen LogP contribution in [0.2, 0.25) is 5.02 Å². The number of sulfone groups is 1. The Morgan fingerprint density at radius 1 is 1.30 bits per heavy atom. The fourth-order valence-corrected chi connectivity index (χ4v) is 4.44. The first-order chi connectivity index (χ1) is 10.7. The Bertz CT molecular complexity index is 654. The lowest BCUT2D eigenvalue weighted by Gasteiger charge is -2.30. The highest BCUT2D eigenvalue weighted by Crippen LogP contribution is 2.32. The molecule has 1 atom stereocenters. The molecule has 1 fully saturated rings. The van der Waals surface area contributed by atoms with E-state index in [0.29, 0.717) is 23.4 Å². The number of ether oxygens (including phenoxy) is 1. The fourth-order valence-electron chi connectivity index (χ4n) is 3.09. The number of nitrogens with one attached hydrogen (secondary N) is 1. The average molecular weight is 362 g/mol. The van der Waals surface area contributed by atoms with E-state index in [4.69, 9.17) is 16.3 Å². The molecule has 2 rings (SSSR count). The molecule has 23 heavy (non-hydrogen) atoms. The lowest BCUT2D eigenvalue weighted by molar-refractivity contribution is -0.0772. The van der Waals surface area contributed by atoms with Gasteiger partial charge in [-0.25, -0.2) is 8.42 Å². The molecular formula is C16H24ClNO4S. The molecule has 0 bridgehead atoms. The highest BCUT2D eigenvalue weighted by Gasteiger charge is 2.28. The number of methoxy groups -OCH3 is 1. The van der Waals surface area contributed by atoms with E-state index in [1.54, 1.807) is 6.07 Å². The van der Waals surface area contributed by atoms with E-state index >= 15 is 0 Å². The third-order valence-electron chi connectivity index (χ3n) is 4.54. The van der Waals surface area contributed by atoms with E-state index in [1.165, 1.54) is 13.4 Å². The molecule has 0 aromatic heterocycles. The number of halogens is 1. The first kappa shape index (κ1) is 18.5. The Balaban J connectivity index is 2.11. The van der Waals surface area contributed by atoms with E-state index < -0.39 is 16.1 Å². The van der Waals surface area contributed by atoms with E-state index in [0.717, 1.165) is 24.1 Å². The van der Waals surface area contributed by atoms with Crippen molar-refractivity contribution in [3.8, 4) is 0 Å². The van der Waals surface area contributed by atoms with Crippen molar-refractivity contribution >= 4 is 27.1 Å². The Labute approximate surface area is 142 Å². The molecule has 5 nitrogen and oxygen atoms in total. The van der Waals surface area contributed by atoms with Gasteiger partial charge in [0.2, 0.25) is 0 Å². The van der Waals surface area contributed by atoms with Crippen LogP contribution < -0.4 is 5.32 Å². The van der Waals surface area contributed by atoms with Crippen LogP contribution in [0.5, 0.6) is 0 Å². The summed E-state index contributed by atoms with van der Waals surface area (Å²) in [7, 11) is -1.52. The van der Waals surface area contributed by atoms with Crippen LogP contribution >= 0.6 is 11.6 Å². The Morgan fingerprint density at radius 2 is 1.91 bits per heavy atom. The fraction of sp³-hybridized carbons (Fsp3) is 0.625. The molecule has 2 N–H and O–H groups in total. The van der Waals surface area contributed by atoms with Gasteiger partial charge in [-0.2, -0.15) is 0 Å². The highest BCUT2D eigenvalue weighted by atomic mass is 35.5. The summed E-state index contributed by atoms with van der Waals surface area (Å²) in [5.41, 5.74) is 2.37. The predicted molar refractivity (Wildman–Crippen MR) is 92.7 cm³/mol. The van der Waals surface area contributed by atoms with Crippen molar-refractivity contribution < 1.29 is 18.3 Å². The molecule has 0 saturated heterocycles. The smallest absolute Gasteiger partial charge is 0.181 e. The van der Waals surface area contributed by atoms with Gasteiger partial charge in [0.1, 0.15) is 9.84 Å². The summed E-state index contributed by atoms with van der Waals surface area (Å²) in [6, 6.07) is 3.72. The summed E-state index contributed by atoms with van der Waals surface area (Å²) in [5.74, 6) is 0. The van der Waals surface area contributed by atoms with E-state index in [9.17, 15) is 13.5 Å². The van der Waals surface area contributed by atoms with Crippen molar-refractivity contribution in [2.75, 3.05) is 18.7 Å². The minimum absolute atomic E-state index is 0.206. The first-order valence-corrected chi connectivity index (χ1v) is 10.0. The maximum absolute atomic E-state index is 11.6. The summed E-state index contributed by atoms with van der Waals surface area (Å²) < 4.78 is 28.2. The second-order valence-corrected chi connectivity index (χ2v) is 8.97. The van der Waals surface area contributed by atoms with Gasteiger partial charge in [0.15, 0.2) is 6.29 Å². The van der Waals surface area contributed by atoms with Crippen molar-refractivity contribution in [2.45, 2.75) is 50.2 Å². The van der Waals surface area contributed by atoms with Crippen LogP contribution in [-0.4, -0.2) is 38.2 Å². The van der Waals surface area contributed by atoms with Gasteiger partial charge in [0, 0.05) is 35.7 Å². The van der Waals surface area contributed by atoms with Gasteiger partial charge in [0.05, 0.1) is 5.25 Å². The molecule has 1 aromatic carbocycles. The quantitative estimate of drug-likeness (QED) is 0.788. The zero-order valence-electron chi connectivity index (χ0n) is 13.7. The molecule has 0 amide bonds. The second-order valence-electron chi connectivity index (χ2n) is 6.20. The number of benzene rings is 1.